The number of carbonyl (C=O) groups excluding carboxylic acids is 1. The zero-order chi connectivity index (χ0) is 16.9. The van der Waals surface area contributed by atoms with E-state index in [2.05, 4.69) is 15.5 Å². The van der Waals surface area contributed by atoms with Crippen LogP contribution in [0, 0.1) is 0 Å². The zero-order valence-corrected chi connectivity index (χ0v) is 13.6. The largest absolute Gasteiger partial charge is 0.496 e. The molecule has 0 aliphatic heterocycles. The summed E-state index contributed by atoms with van der Waals surface area (Å²) in [7, 11) is 1.59. The Morgan fingerprint density at radius 3 is 2.67 bits per heavy atom. The number of aromatic nitrogens is 2. The molecule has 1 atom stereocenters. The Hall–Kier alpha value is -3.08. The summed E-state index contributed by atoms with van der Waals surface area (Å²) in [5.41, 5.74) is 3.42. The van der Waals surface area contributed by atoms with Crippen LogP contribution in [0.4, 0.5) is 0 Å². The van der Waals surface area contributed by atoms with Gasteiger partial charge in [-0.2, -0.15) is 5.10 Å². The monoisotopic (exact) mass is 321 g/mol. The third kappa shape index (κ3) is 3.30. The fourth-order valence-electron chi connectivity index (χ4n) is 2.57. The second-order valence-electron chi connectivity index (χ2n) is 5.51. The summed E-state index contributed by atoms with van der Waals surface area (Å²) < 4.78 is 5.43. The molecule has 24 heavy (non-hydrogen) atoms. The number of amides is 1. The molecule has 0 fully saturated rings. The minimum absolute atomic E-state index is 0.0711. The highest BCUT2D eigenvalue weighted by atomic mass is 16.5. The second kappa shape index (κ2) is 7.00. The molecule has 3 rings (SSSR count). The standard InChI is InChI=1S/C19H19N3O2/c1-13(14-6-4-3-5-7-14)22-19(23)15-8-9-17(18(10-15)24-2)16-11-20-21-12-16/h3-13H,1-2H3,(H,20,21)(H,22,23)/t13-/m1/s1. The molecule has 0 aliphatic rings. The van der Waals surface area contributed by atoms with Gasteiger partial charge in [-0.1, -0.05) is 30.3 Å². The van der Waals surface area contributed by atoms with Gasteiger partial charge in [0, 0.05) is 22.9 Å². The molecule has 2 N–H and O–H groups in total. The number of benzene rings is 2. The van der Waals surface area contributed by atoms with Gasteiger partial charge in [0.25, 0.3) is 5.91 Å². The van der Waals surface area contributed by atoms with Crippen LogP contribution >= 0.6 is 0 Å². The van der Waals surface area contributed by atoms with Crippen LogP contribution in [0.3, 0.4) is 0 Å². The number of nitrogens with zero attached hydrogens (tertiary/aromatic N) is 1. The van der Waals surface area contributed by atoms with Gasteiger partial charge in [-0.25, -0.2) is 0 Å². The Bertz CT molecular complexity index is 814. The van der Waals surface area contributed by atoms with Crippen LogP contribution in [0.15, 0.2) is 60.9 Å². The van der Waals surface area contributed by atoms with E-state index in [4.69, 9.17) is 4.74 Å². The number of aromatic amines is 1. The number of hydrogen-bond donors (Lipinski definition) is 2. The SMILES string of the molecule is COc1cc(C(=O)N[C@H](C)c2ccccc2)ccc1-c1cn[nH]c1. The maximum absolute atomic E-state index is 12.5. The normalized spacial score (nSPS) is 11.8. The first-order chi connectivity index (χ1) is 11.7. The van der Waals surface area contributed by atoms with Gasteiger partial charge in [-0.15, -0.1) is 0 Å². The van der Waals surface area contributed by atoms with Gasteiger partial charge < -0.3 is 10.1 Å². The van der Waals surface area contributed by atoms with Crippen molar-refractivity contribution in [3.8, 4) is 16.9 Å². The quantitative estimate of drug-likeness (QED) is 0.755. The average Bonchev–Trinajstić information content (AvgIpc) is 3.16. The number of ether oxygens (including phenoxy) is 1. The number of nitrogens with one attached hydrogen (secondary N) is 2. The molecule has 0 saturated carbocycles. The van der Waals surface area contributed by atoms with Gasteiger partial charge in [-0.05, 0) is 30.7 Å². The molecular formula is C19H19N3O2. The van der Waals surface area contributed by atoms with Crippen LogP contribution in [0.2, 0.25) is 0 Å². The van der Waals surface area contributed by atoms with Gasteiger partial charge in [0.05, 0.1) is 19.3 Å². The van der Waals surface area contributed by atoms with Gasteiger partial charge >= 0.3 is 0 Å². The predicted octanol–water partition coefficient (Wildman–Crippen LogP) is 3.58. The fourth-order valence-corrected chi connectivity index (χ4v) is 2.57. The molecule has 0 unspecified atom stereocenters. The maximum Gasteiger partial charge on any atom is 0.251 e. The number of rotatable bonds is 5. The Kier molecular flexibility index (Phi) is 4.61. The van der Waals surface area contributed by atoms with Gasteiger partial charge in [0.1, 0.15) is 5.75 Å². The molecule has 1 amide bonds. The van der Waals surface area contributed by atoms with Crippen molar-refractivity contribution in [3.05, 3.63) is 72.1 Å². The van der Waals surface area contributed by atoms with E-state index >= 15 is 0 Å². The van der Waals surface area contributed by atoms with Crippen molar-refractivity contribution in [1.29, 1.82) is 0 Å². The van der Waals surface area contributed by atoms with Crippen LogP contribution in [-0.4, -0.2) is 23.2 Å². The summed E-state index contributed by atoms with van der Waals surface area (Å²) >= 11 is 0. The Morgan fingerprint density at radius 2 is 2.00 bits per heavy atom. The molecule has 3 aromatic rings. The summed E-state index contributed by atoms with van der Waals surface area (Å²) in [5.74, 6) is 0.500. The van der Waals surface area contributed by atoms with Crippen LogP contribution in [-0.2, 0) is 0 Å². The topological polar surface area (TPSA) is 67.0 Å². The number of carbonyl (C=O) groups is 1. The van der Waals surface area contributed by atoms with Gasteiger partial charge in [0.2, 0.25) is 0 Å². The number of methoxy groups -OCH3 is 1. The third-order valence-corrected chi connectivity index (χ3v) is 3.92. The van der Waals surface area contributed by atoms with E-state index in [0.717, 1.165) is 16.7 Å². The fraction of sp³-hybridized carbons (Fsp3) is 0.158. The lowest BCUT2D eigenvalue weighted by molar-refractivity contribution is 0.0939. The lowest BCUT2D eigenvalue weighted by Crippen LogP contribution is -2.26. The highest BCUT2D eigenvalue weighted by Gasteiger charge is 2.14. The van der Waals surface area contributed by atoms with E-state index < -0.39 is 0 Å². The molecule has 122 valence electrons. The first-order valence-electron chi connectivity index (χ1n) is 7.72. The molecule has 0 bridgehead atoms. The highest BCUT2D eigenvalue weighted by molar-refractivity contribution is 5.95. The third-order valence-electron chi connectivity index (χ3n) is 3.92. The average molecular weight is 321 g/mol. The van der Waals surface area contributed by atoms with Crippen molar-refractivity contribution >= 4 is 5.91 Å². The molecule has 1 aromatic heterocycles. The highest BCUT2D eigenvalue weighted by Crippen LogP contribution is 2.30. The molecule has 5 nitrogen and oxygen atoms in total. The molecule has 2 aromatic carbocycles. The zero-order valence-electron chi connectivity index (χ0n) is 13.6. The molecule has 0 aliphatic carbocycles. The molecule has 0 spiro atoms. The Morgan fingerprint density at radius 1 is 1.21 bits per heavy atom. The van der Waals surface area contributed by atoms with E-state index in [1.807, 2.05) is 43.3 Å². The molecule has 0 radical (unpaired) electrons. The molecule has 0 saturated heterocycles. The van der Waals surface area contributed by atoms with E-state index in [9.17, 15) is 4.79 Å². The predicted molar refractivity (Wildman–Crippen MR) is 92.9 cm³/mol. The molecule has 5 heteroatoms. The molecular weight excluding hydrogens is 302 g/mol. The maximum atomic E-state index is 12.5. The van der Waals surface area contributed by atoms with E-state index in [1.165, 1.54) is 0 Å². The summed E-state index contributed by atoms with van der Waals surface area (Å²) in [6.45, 7) is 1.96. The van der Waals surface area contributed by atoms with Crippen molar-refractivity contribution in [1.82, 2.24) is 15.5 Å². The lowest BCUT2D eigenvalue weighted by atomic mass is 10.0. The van der Waals surface area contributed by atoms with E-state index in [1.54, 1.807) is 31.6 Å². The summed E-state index contributed by atoms with van der Waals surface area (Å²) in [6, 6.07) is 15.2. The minimum Gasteiger partial charge on any atom is -0.496 e. The van der Waals surface area contributed by atoms with Crippen molar-refractivity contribution < 1.29 is 9.53 Å². The summed E-state index contributed by atoms with van der Waals surface area (Å²) in [4.78, 5) is 12.5. The number of H-pyrrole nitrogens is 1. The first-order valence-corrected chi connectivity index (χ1v) is 7.72. The smallest absolute Gasteiger partial charge is 0.251 e. The van der Waals surface area contributed by atoms with Crippen LogP contribution in [0.25, 0.3) is 11.1 Å². The van der Waals surface area contributed by atoms with Gasteiger partial charge in [0.15, 0.2) is 0 Å². The van der Waals surface area contributed by atoms with E-state index in [0.29, 0.717) is 11.3 Å². The van der Waals surface area contributed by atoms with Crippen LogP contribution < -0.4 is 10.1 Å². The second-order valence-corrected chi connectivity index (χ2v) is 5.51. The van der Waals surface area contributed by atoms with Crippen LogP contribution in [0.1, 0.15) is 28.9 Å². The summed E-state index contributed by atoms with van der Waals surface area (Å²) in [5, 5.41) is 9.73. The number of hydrogen-bond acceptors (Lipinski definition) is 3. The van der Waals surface area contributed by atoms with Crippen molar-refractivity contribution in [3.63, 3.8) is 0 Å². The van der Waals surface area contributed by atoms with Crippen LogP contribution in [0.5, 0.6) is 5.75 Å². The van der Waals surface area contributed by atoms with E-state index in [-0.39, 0.29) is 11.9 Å². The van der Waals surface area contributed by atoms with Crippen molar-refractivity contribution in [2.24, 2.45) is 0 Å². The Balaban J connectivity index is 1.80. The van der Waals surface area contributed by atoms with Crippen molar-refractivity contribution in [2.75, 3.05) is 7.11 Å². The minimum atomic E-state index is -0.136. The van der Waals surface area contributed by atoms with Gasteiger partial charge in [-0.3, -0.25) is 9.89 Å². The molecule has 1 heterocycles. The first kappa shape index (κ1) is 15.8. The summed E-state index contributed by atoms with van der Waals surface area (Å²) in [6.07, 6.45) is 3.50. The lowest BCUT2D eigenvalue weighted by Gasteiger charge is -2.15. The Labute approximate surface area is 140 Å². The van der Waals surface area contributed by atoms with Crippen molar-refractivity contribution in [2.45, 2.75) is 13.0 Å².